The van der Waals surface area contributed by atoms with Crippen LogP contribution in [0.15, 0.2) is 48.8 Å². The molecule has 1 amide bonds. The number of benzene rings is 1. The fourth-order valence-corrected chi connectivity index (χ4v) is 3.54. The Kier molecular flexibility index (Phi) is 5.89. The number of aromatic nitrogens is 2. The zero-order valence-electron chi connectivity index (χ0n) is 17.3. The lowest BCUT2D eigenvalue weighted by Gasteiger charge is -2.36. The molecular weight excluding hydrogens is 352 g/mol. The summed E-state index contributed by atoms with van der Waals surface area (Å²) in [5, 5.41) is 7.37. The van der Waals surface area contributed by atoms with Crippen LogP contribution in [0, 0.1) is 0 Å². The van der Waals surface area contributed by atoms with Gasteiger partial charge in [0, 0.05) is 18.4 Å². The Morgan fingerprint density at radius 2 is 2.07 bits per heavy atom. The number of carbonyl (C=O) groups excluding carboxylic acids is 1. The van der Waals surface area contributed by atoms with Crippen molar-refractivity contribution in [1.29, 1.82) is 0 Å². The molecule has 0 saturated carbocycles. The van der Waals surface area contributed by atoms with Crippen molar-refractivity contribution in [3.05, 3.63) is 54.4 Å². The number of hydrogen-bond donors (Lipinski definition) is 1. The highest BCUT2D eigenvalue weighted by Gasteiger charge is 2.30. The Morgan fingerprint density at radius 1 is 1.29 bits per heavy atom. The zero-order chi connectivity index (χ0) is 20.3. The van der Waals surface area contributed by atoms with E-state index in [1.807, 2.05) is 37.7 Å². The van der Waals surface area contributed by atoms with Gasteiger partial charge in [0.1, 0.15) is 5.60 Å². The van der Waals surface area contributed by atoms with Crippen molar-refractivity contribution in [2.45, 2.75) is 51.3 Å². The molecule has 3 rings (SSSR count). The molecule has 2 aromatic rings. The Labute approximate surface area is 167 Å². The first kappa shape index (κ1) is 20.1. The van der Waals surface area contributed by atoms with Gasteiger partial charge in [0.05, 0.1) is 11.7 Å². The first-order valence-corrected chi connectivity index (χ1v) is 9.68. The SMILES string of the molecule is CN(C)[C@H]1CC(c2cccc(-n3cccn3)c2)=CC[C@@H]1NC(=O)OC(C)(C)C. The number of hydrogen-bond acceptors (Lipinski definition) is 4. The van der Waals surface area contributed by atoms with Crippen molar-refractivity contribution in [2.75, 3.05) is 14.1 Å². The van der Waals surface area contributed by atoms with E-state index in [-0.39, 0.29) is 18.2 Å². The number of nitrogens with zero attached hydrogens (tertiary/aromatic N) is 3. The highest BCUT2D eigenvalue weighted by Crippen LogP contribution is 2.30. The summed E-state index contributed by atoms with van der Waals surface area (Å²) in [7, 11) is 4.11. The van der Waals surface area contributed by atoms with Crippen molar-refractivity contribution in [3.63, 3.8) is 0 Å². The highest BCUT2D eigenvalue weighted by molar-refractivity contribution is 5.71. The Hall–Kier alpha value is -2.60. The van der Waals surface area contributed by atoms with Crippen LogP contribution in [-0.2, 0) is 4.74 Å². The third-order valence-corrected chi connectivity index (χ3v) is 4.86. The lowest BCUT2D eigenvalue weighted by atomic mass is 9.86. The summed E-state index contributed by atoms with van der Waals surface area (Å²) in [4.78, 5) is 14.4. The van der Waals surface area contributed by atoms with Gasteiger partial charge in [0.15, 0.2) is 0 Å². The first-order chi connectivity index (χ1) is 13.2. The van der Waals surface area contributed by atoms with Crippen molar-refractivity contribution < 1.29 is 9.53 Å². The minimum absolute atomic E-state index is 0.0166. The van der Waals surface area contributed by atoms with Crippen LogP contribution >= 0.6 is 0 Å². The maximum atomic E-state index is 12.2. The second-order valence-electron chi connectivity index (χ2n) is 8.45. The van der Waals surface area contributed by atoms with Gasteiger partial charge in [-0.25, -0.2) is 9.48 Å². The summed E-state index contributed by atoms with van der Waals surface area (Å²) in [6.07, 6.45) is 7.21. The molecule has 1 heterocycles. The van der Waals surface area contributed by atoms with Crippen LogP contribution in [0.3, 0.4) is 0 Å². The van der Waals surface area contributed by atoms with Crippen molar-refractivity contribution >= 4 is 11.7 Å². The van der Waals surface area contributed by atoms with Gasteiger partial charge < -0.3 is 15.0 Å². The zero-order valence-corrected chi connectivity index (χ0v) is 17.3. The van der Waals surface area contributed by atoms with Crippen LogP contribution < -0.4 is 5.32 Å². The molecule has 0 unspecified atom stereocenters. The van der Waals surface area contributed by atoms with Gasteiger partial charge in [-0.3, -0.25) is 0 Å². The van der Waals surface area contributed by atoms with E-state index in [1.165, 1.54) is 11.1 Å². The molecule has 0 saturated heterocycles. The molecule has 1 aliphatic rings. The normalized spacial score (nSPS) is 20.0. The largest absolute Gasteiger partial charge is 0.444 e. The Morgan fingerprint density at radius 3 is 2.71 bits per heavy atom. The fraction of sp³-hybridized carbons (Fsp3) is 0.455. The van der Waals surface area contributed by atoms with Gasteiger partial charge in [-0.15, -0.1) is 0 Å². The standard InChI is InChI=1S/C22H30N4O2/c1-22(2,3)28-21(27)24-19-11-10-17(15-20(19)25(4)5)16-8-6-9-18(14-16)26-13-7-12-23-26/h6-10,12-14,19-20H,11,15H2,1-5H3,(H,24,27)/t19-,20-/m0/s1. The van der Waals surface area contributed by atoms with E-state index >= 15 is 0 Å². The molecule has 0 bridgehead atoms. The van der Waals surface area contributed by atoms with Crippen LogP contribution in [0.25, 0.3) is 11.3 Å². The molecule has 0 aliphatic heterocycles. The van der Waals surface area contributed by atoms with Crippen LogP contribution in [0.4, 0.5) is 4.79 Å². The monoisotopic (exact) mass is 382 g/mol. The maximum Gasteiger partial charge on any atom is 0.407 e. The van der Waals surface area contributed by atoms with Gasteiger partial charge in [-0.2, -0.15) is 5.10 Å². The topological polar surface area (TPSA) is 59.4 Å². The minimum atomic E-state index is -0.500. The quantitative estimate of drug-likeness (QED) is 0.872. The molecule has 6 nitrogen and oxygen atoms in total. The summed E-state index contributed by atoms with van der Waals surface area (Å²) in [5.41, 5.74) is 3.02. The smallest absolute Gasteiger partial charge is 0.407 e. The molecule has 1 N–H and O–H groups in total. The van der Waals surface area contributed by atoms with Crippen molar-refractivity contribution in [3.8, 4) is 5.69 Å². The molecule has 28 heavy (non-hydrogen) atoms. The van der Waals surface area contributed by atoms with Gasteiger partial charge in [-0.05, 0) is 77.0 Å². The summed E-state index contributed by atoms with van der Waals surface area (Å²) in [6, 6.07) is 10.5. The van der Waals surface area contributed by atoms with Gasteiger partial charge in [0.2, 0.25) is 0 Å². The summed E-state index contributed by atoms with van der Waals surface area (Å²) < 4.78 is 7.30. The molecule has 0 radical (unpaired) electrons. The molecule has 6 heteroatoms. The average Bonchev–Trinajstić information content (AvgIpc) is 3.15. The van der Waals surface area contributed by atoms with E-state index in [1.54, 1.807) is 6.20 Å². The number of ether oxygens (including phenoxy) is 1. The third-order valence-electron chi connectivity index (χ3n) is 4.86. The fourth-order valence-electron chi connectivity index (χ4n) is 3.54. The lowest BCUT2D eigenvalue weighted by Crippen LogP contribution is -2.51. The van der Waals surface area contributed by atoms with E-state index in [0.29, 0.717) is 0 Å². The van der Waals surface area contributed by atoms with Crippen molar-refractivity contribution in [2.24, 2.45) is 0 Å². The second kappa shape index (κ2) is 8.19. The Balaban J connectivity index is 1.77. The van der Waals surface area contributed by atoms with Crippen LogP contribution in [0.1, 0.15) is 39.2 Å². The minimum Gasteiger partial charge on any atom is -0.444 e. The number of alkyl carbamates (subject to hydrolysis) is 1. The van der Waals surface area contributed by atoms with E-state index in [9.17, 15) is 4.79 Å². The van der Waals surface area contributed by atoms with E-state index < -0.39 is 5.60 Å². The third kappa shape index (κ3) is 5.01. The predicted molar refractivity (Wildman–Crippen MR) is 111 cm³/mol. The summed E-state index contributed by atoms with van der Waals surface area (Å²) in [5.74, 6) is 0. The number of rotatable bonds is 4. The molecular formula is C22H30N4O2. The lowest BCUT2D eigenvalue weighted by molar-refractivity contribution is 0.0474. The van der Waals surface area contributed by atoms with Crippen LogP contribution in [0.2, 0.25) is 0 Å². The van der Waals surface area contributed by atoms with Crippen LogP contribution in [-0.4, -0.2) is 52.6 Å². The van der Waals surface area contributed by atoms with E-state index in [0.717, 1.165) is 18.5 Å². The average molecular weight is 383 g/mol. The number of likely N-dealkylation sites (N-methyl/N-ethyl adjacent to an activating group) is 1. The number of nitrogens with one attached hydrogen (secondary N) is 1. The molecule has 0 spiro atoms. The van der Waals surface area contributed by atoms with Gasteiger partial charge in [-0.1, -0.05) is 18.2 Å². The molecule has 1 aromatic carbocycles. The predicted octanol–water partition coefficient (Wildman–Crippen LogP) is 3.87. The van der Waals surface area contributed by atoms with Crippen molar-refractivity contribution in [1.82, 2.24) is 20.0 Å². The molecule has 150 valence electrons. The number of carbonyl (C=O) groups is 1. The molecule has 2 atom stereocenters. The molecule has 1 aromatic heterocycles. The highest BCUT2D eigenvalue weighted by atomic mass is 16.6. The summed E-state index contributed by atoms with van der Waals surface area (Å²) in [6.45, 7) is 5.63. The molecule has 1 aliphatic carbocycles. The maximum absolute atomic E-state index is 12.2. The molecule has 0 fully saturated rings. The van der Waals surface area contributed by atoms with Gasteiger partial charge >= 0.3 is 6.09 Å². The van der Waals surface area contributed by atoms with E-state index in [4.69, 9.17) is 4.74 Å². The van der Waals surface area contributed by atoms with Gasteiger partial charge in [0.25, 0.3) is 0 Å². The number of amides is 1. The van der Waals surface area contributed by atoms with Crippen LogP contribution in [0.5, 0.6) is 0 Å². The summed E-state index contributed by atoms with van der Waals surface area (Å²) >= 11 is 0. The Bertz CT molecular complexity index is 834. The second-order valence-corrected chi connectivity index (χ2v) is 8.45. The first-order valence-electron chi connectivity index (χ1n) is 9.68. The van der Waals surface area contributed by atoms with E-state index in [2.05, 4.69) is 59.8 Å².